The summed E-state index contributed by atoms with van der Waals surface area (Å²) in [6.07, 6.45) is 0. The van der Waals surface area contributed by atoms with Crippen LogP contribution in [0.25, 0.3) is 0 Å². The van der Waals surface area contributed by atoms with Crippen LogP contribution in [0, 0.1) is 19.7 Å². The monoisotopic (exact) mass is 301 g/mol. The number of carbonyl (C=O) groups excluding carboxylic acids is 1. The maximum atomic E-state index is 12.8. The topological polar surface area (TPSA) is 29.5 Å². The molecule has 0 unspecified atom stereocenters. The highest BCUT2D eigenvalue weighted by atomic mass is 19.1. The number of ether oxygens (including phenoxy) is 1. The maximum absolute atomic E-state index is 12.8. The van der Waals surface area contributed by atoms with Crippen LogP contribution in [0.2, 0.25) is 0 Å². The van der Waals surface area contributed by atoms with Gasteiger partial charge in [-0.1, -0.05) is 17.7 Å². The summed E-state index contributed by atoms with van der Waals surface area (Å²) in [5, 5.41) is 0. The number of benzene rings is 2. The van der Waals surface area contributed by atoms with Gasteiger partial charge in [0.15, 0.2) is 0 Å². The third-order valence-corrected chi connectivity index (χ3v) is 3.47. The second-order valence-corrected chi connectivity index (χ2v) is 5.35. The molecule has 0 aliphatic heterocycles. The van der Waals surface area contributed by atoms with Crippen LogP contribution in [0.15, 0.2) is 42.5 Å². The number of hydrogen-bond acceptors (Lipinski definition) is 2. The van der Waals surface area contributed by atoms with Gasteiger partial charge in [-0.05, 0) is 49.7 Å². The van der Waals surface area contributed by atoms with Crippen LogP contribution >= 0.6 is 0 Å². The first-order valence-corrected chi connectivity index (χ1v) is 7.18. The number of amides is 1. The van der Waals surface area contributed by atoms with Gasteiger partial charge >= 0.3 is 0 Å². The van der Waals surface area contributed by atoms with Crippen LogP contribution in [0.5, 0.6) is 5.75 Å². The third kappa shape index (κ3) is 4.07. The van der Waals surface area contributed by atoms with E-state index in [0.29, 0.717) is 24.5 Å². The Morgan fingerprint density at radius 2 is 1.82 bits per heavy atom. The highest BCUT2D eigenvalue weighted by Gasteiger charge is 2.13. The van der Waals surface area contributed by atoms with E-state index in [1.165, 1.54) is 12.1 Å². The van der Waals surface area contributed by atoms with Gasteiger partial charge in [-0.25, -0.2) is 4.39 Å². The van der Waals surface area contributed by atoms with Crippen LogP contribution in [0.1, 0.15) is 21.5 Å². The van der Waals surface area contributed by atoms with Crippen molar-refractivity contribution in [3.63, 3.8) is 0 Å². The fourth-order valence-electron chi connectivity index (χ4n) is 2.19. The van der Waals surface area contributed by atoms with E-state index >= 15 is 0 Å². The molecule has 0 saturated carbocycles. The summed E-state index contributed by atoms with van der Waals surface area (Å²) in [5.74, 6) is 0.267. The van der Waals surface area contributed by atoms with Crippen molar-refractivity contribution in [1.29, 1.82) is 0 Å². The fraction of sp³-hybridized carbons (Fsp3) is 0.278. The molecule has 0 saturated heterocycles. The van der Waals surface area contributed by atoms with Crippen LogP contribution in [0.3, 0.4) is 0 Å². The molecule has 2 aromatic rings. The lowest BCUT2D eigenvalue weighted by atomic mass is 10.0. The molecule has 0 bridgehead atoms. The normalized spacial score (nSPS) is 10.4. The van der Waals surface area contributed by atoms with Crippen LogP contribution in [-0.4, -0.2) is 31.0 Å². The Morgan fingerprint density at radius 1 is 1.14 bits per heavy atom. The Kier molecular flexibility index (Phi) is 5.15. The lowest BCUT2D eigenvalue weighted by Crippen LogP contribution is -2.31. The fourth-order valence-corrected chi connectivity index (χ4v) is 2.19. The molecule has 0 aliphatic carbocycles. The summed E-state index contributed by atoms with van der Waals surface area (Å²) in [6, 6.07) is 11.6. The van der Waals surface area contributed by atoms with Gasteiger partial charge in [0.1, 0.15) is 18.2 Å². The second-order valence-electron chi connectivity index (χ2n) is 5.35. The first kappa shape index (κ1) is 16.0. The van der Waals surface area contributed by atoms with Gasteiger partial charge in [-0.15, -0.1) is 0 Å². The molecule has 0 atom stereocenters. The van der Waals surface area contributed by atoms with E-state index in [1.807, 2.05) is 32.0 Å². The third-order valence-electron chi connectivity index (χ3n) is 3.47. The predicted octanol–water partition coefficient (Wildman–Crippen LogP) is 3.59. The predicted molar refractivity (Wildman–Crippen MR) is 84.8 cm³/mol. The van der Waals surface area contributed by atoms with E-state index in [0.717, 1.165) is 11.1 Å². The summed E-state index contributed by atoms with van der Waals surface area (Å²) in [4.78, 5) is 14.0. The largest absolute Gasteiger partial charge is 0.492 e. The number of carbonyl (C=O) groups is 1. The number of aryl methyl sites for hydroxylation is 2. The Bertz CT molecular complexity index is 653. The van der Waals surface area contributed by atoms with Crippen molar-refractivity contribution in [3.8, 4) is 5.75 Å². The highest BCUT2D eigenvalue weighted by Crippen LogP contribution is 2.13. The van der Waals surface area contributed by atoms with E-state index in [-0.39, 0.29) is 11.7 Å². The lowest BCUT2D eigenvalue weighted by Gasteiger charge is -2.19. The molecule has 0 fully saturated rings. The summed E-state index contributed by atoms with van der Waals surface area (Å²) >= 11 is 0. The number of likely N-dealkylation sites (N-methyl/N-ethyl adjacent to an activating group) is 1. The average molecular weight is 301 g/mol. The molecule has 22 heavy (non-hydrogen) atoms. The highest BCUT2D eigenvalue weighted by molar-refractivity contribution is 5.95. The average Bonchev–Trinajstić information content (AvgIpc) is 2.48. The Hall–Kier alpha value is -2.36. The van der Waals surface area contributed by atoms with Gasteiger partial charge in [0, 0.05) is 12.6 Å². The molecule has 3 nitrogen and oxygen atoms in total. The number of halogens is 1. The van der Waals surface area contributed by atoms with E-state index in [1.54, 1.807) is 24.1 Å². The molecule has 2 rings (SSSR count). The van der Waals surface area contributed by atoms with Crippen LogP contribution < -0.4 is 4.74 Å². The number of hydrogen-bond donors (Lipinski definition) is 0. The zero-order chi connectivity index (χ0) is 16.1. The lowest BCUT2D eigenvalue weighted by molar-refractivity contribution is 0.0773. The van der Waals surface area contributed by atoms with Crippen LogP contribution in [-0.2, 0) is 0 Å². The van der Waals surface area contributed by atoms with E-state index < -0.39 is 0 Å². The van der Waals surface area contributed by atoms with Crippen molar-refractivity contribution in [2.45, 2.75) is 13.8 Å². The molecule has 0 aliphatic rings. The standard InChI is InChI=1S/C18H20FNO2/c1-13-4-9-17(14(2)12-13)18(21)20(3)10-11-22-16-7-5-15(19)6-8-16/h4-9,12H,10-11H2,1-3H3. The number of nitrogens with zero attached hydrogens (tertiary/aromatic N) is 1. The Labute approximate surface area is 130 Å². The Morgan fingerprint density at radius 3 is 2.45 bits per heavy atom. The Balaban J connectivity index is 1.90. The molecule has 0 aromatic heterocycles. The van der Waals surface area contributed by atoms with Crippen molar-refractivity contribution >= 4 is 5.91 Å². The van der Waals surface area contributed by atoms with Gasteiger partial charge in [0.2, 0.25) is 0 Å². The zero-order valence-electron chi connectivity index (χ0n) is 13.1. The van der Waals surface area contributed by atoms with Gasteiger partial charge < -0.3 is 9.64 Å². The molecule has 2 aromatic carbocycles. The molecule has 0 radical (unpaired) electrons. The van der Waals surface area contributed by atoms with Gasteiger partial charge in [0.05, 0.1) is 6.54 Å². The minimum absolute atomic E-state index is 0.0276. The minimum Gasteiger partial charge on any atom is -0.492 e. The summed E-state index contributed by atoms with van der Waals surface area (Å²) in [5.41, 5.74) is 2.81. The molecule has 116 valence electrons. The molecule has 0 spiro atoms. The van der Waals surface area contributed by atoms with Gasteiger partial charge in [-0.2, -0.15) is 0 Å². The second kappa shape index (κ2) is 7.07. The molecular formula is C18H20FNO2. The first-order chi connectivity index (χ1) is 10.5. The SMILES string of the molecule is Cc1ccc(C(=O)N(C)CCOc2ccc(F)cc2)c(C)c1. The summed E-state index contributed by atoms with van der Waals surface area (Å²) in [6.45, 7) is 4.76. The van der Waals surface area contributed by atoms with Crippen molar-refractivity contribution in [2.24, 2.45) is 0 Å². The van der Waals surface area contributed by atoms with Gasteiger partial charge in [-0.3, -0.25) is 4.79 Å². The van der Waals surface area contributed by atoms with Crippen LogP contribution in [0.4, 0.5) is 4.39 Å². The maximum Gasteiger partial charge on any atom is 0.253 e. The molecule has 0 heterocycles. The van der Waals surface area contributed by atoms with E-state index in [2.05, 4.69) is 0 Å². The minimum atomic E-state index is -0.297. The van der Waals surface area contributed by atoms with Gasteiger partial charge in [0.25, 0.3) is 5.91 Å². The van der Waals surface area contributed by atoms with E-state index in [9.17, 15) is 9.18 Å². The van der Waals surface area contributed by atoms with Crippen molar-refractivity contribution in [3.05, 3.63) is 65.0 Å². The molecular weight excluding hydrogens is 281 g/mol. The number of rotatable bonds is 5. The van der Waals surface area contributed by atoms with Crippen molar-refractivity contribution in [1.82, 2.24) is 4.90 Å². The molecule has 0 N–H and O–H groups in total. The summed E-state index contributed by atoms with van der Waals surface area (Å²) in [7, 11) is 1.75. The quantitative estimate of drug-likeness (QED) is 0.844. The summed E-state index contributed by atoms with van der Waals surface area (Å²) < 4.78 is 18.3. The zero-order valence-corrected chi connectivity index (χ0v) is 13.1. The molecule has 4 heteroatoms. The van der Waals surface area contributed by atoms with Crippen molar-refractivity contribution in [2.75, 3.05) is 20.2 Å². The smallest absolute Gasteiger partial charge is 0.253 e. The van der Waals surface area contributed by atoms with E-state index in [4.69, 9.17) is 4.74 Å². The van der Waals surface area contributed by atoms with Crippen molar-refractivity contribution < 1.29 is 13.9 Å². The first-order valence-electron chi connectivity index (χ1n) is 7.18. The molecule has 1 amide bonds.